The first-order valence-electron chi connectivity index (χ1n) is 4.91. The molecule has 0 spiro atoms. The van der Waals surface area contributed by atoms with Crippen LogP contribution in [-0.4, -0.2) is 16.1 Å². The van der Waals surface area contributed by atoms with E-state index in [1.807, 2.05) is 0 Å². The first-order valence-corrected chi connectivity index (χ1v) is 5.70. The predicted octanol–water partition coefficient (Wildman–Crippen LogP) is 2.64. The van der Waals surface area contributed by atoms with Gasteiger partial charge in [-0.2, -0.15) is 0 Å². The molecule has 18 heavy (non-hydrogen) atoms. The third-order valence-corrected chi connectivity index (χ3v) is 2.89. The number of carboxylic acid groups (broad SMARTS) is 1. The van der Waals surface area contributed by atoms with Crippen molar-refractivity contribution in [2.24, 2.45) is 0 Å². The van der Waals surface area contributed by atoms with E-state index in [1.165, 1.54) is 30.5 Å². The topological polar surface area (TPSA) is 70.2 Å². The Morgan fingerprint density at radius 3 is 2.67 bits per heavy atom. The highest BCUT2D eigenvalue weighted by Crippen LogP contribution is 2.27. The second-order valence-electron chi connectivity index (χ2n) is 3.52. The summed E-state index contributed by atoms with van der Waals surface area (Å²) in [7, 11) is 0. The van der Waals surface area contributed by atoms with Crippen LogP contribution < -0.4 is 5.56 Å². The summed E-state index contributed by atoms with van der Waals surface area (Å²) in [6.45, 7) is 0. The number of benzene rings is 1. The molecule has 2 rings (SSSR count). The fraction of sp³-hybridized carbons (Fsp3) is 0. The average molecular weight is 312 g/mol. The number of nitrogens with one attached hydrogen (secondary N) is 1. The highest BCUT2D eigenvalue weighted by Gasteiger charge is 2.18. The SMILES string of the molecule is O=C(O)c1c(-c2cc(Br)ccc2F)cc[nH]c1=O. The molecular weight excluding hydrogens is 305 g/mol. The monoisotopic (exact) mass is 311 g/mol. The highest BCUT2D eigenvalue weighted by molar-refractivity contribution is 9.10. The number of rotatable bonds is 2. The van der Waals surface area contributed by atoms with Crippen LogP contribution in [0.1, 0.15) is 10.4 Å². The van der Waals surface area contributed by atoms with Crippen molar-refractivity contribution in [3.8, 4) is 11.1 Å². The van der Waals surface area contributed by atoms with Crippen LogP contribution in [0.2, 0.25) is 0 Å². The van der Waals surface area contributed by atoms with Crippen LogP contribution in [0.25, 0.3) is 11.1 Å². The molecule has 2 N–H and O–H groups in total. The number of carboxylic acids is 1. The van der Waals surface area contributed by atoms with E-state index in [0.29, 0.717) is 4.47 Å². The van der Waals surface area contributed by atoms with Crippen LogP contribution in [-0.2, 0) is 0 Å². The molecule has 1 heterocycles. The Kier molecular flexibility index (Phi) is 3.29. The summed E-state index contributed by atoms with van der Waals surface area (Å²) < 4.78 is 14.3. The Hall–Kier alpha value is -1.95. The van der Waals surface area contributed by atoms with Crippen molar-refractivity contribution < 1.29 is 14.3 Å². The Bertz CT molecular complexity index is 681. The number of hydrogen-bond donors (Lipinski definition) is 2. The molecule has 0 aliphatic heterocycles. The molecule has 92 valence electrons. The summed E-state index contributed by atoms with van der Waals surface area (Å²) in [5.41, 5.74) is -1.13. The summed E-state index contributed by atoms with van der Waals surface area (Å²) in [5.74, 6) is -1.99. The van der Waals surface area contributed by atoms with Crippen LogP contribution in [0.3, 0.4) is 0 Å². The summed E-state index contributed by atoms with van der Waals surface area (Å²) in [4.78, 5) is 24.8. The van der Waals surface area contributed by atoms with Gasteiger partial charge in [0.1, 0.15) is 11.4 Å². The van der Waals surface area contributed by atoms with Crippen molar-refractivity contribution in [2.45, 2.75) is 0 Å². The third kappa shape index (κ3) is 2.19. The number of halogens is 2. The van der Waals surface area contributed by atoms with Gasteiger partial charge in [-0.05, 0) is 24.3 Å². The molecule has 0 saturated heterocycles. The zero-order chi connectivity index (χ0) is 13.3. The smallest absolute Gasteiger partial charge is 0.341 e. The number of hydrogen-bond acceptors (Lipinski definition) is 2. The number of pyridine rings is 1. The maximum absolute atomic E-state index is 13.7. The van der Waals surface area contributed by atoms with Gasteiger partial charge in [0.05, 0.1) is 0 Å². The van der Waals surface area contributed by atoms with Crippen molar-refractivity contribution in [2.75, 3.05) is 0 Å². The zero-order valence-corrected chi connectivity index (χ0v) is 10.5. The summed E-state index contributed by atoms with van der Waals surface area (Å²) in [5, 5.41) is 9.01. The van der Waals surface area contributed by atoms with Crippen LogP contribution in [0.15, 0.2) is 39.7 Å². The minimum absolute atomic E-state index is 0.0463. The molecule has 2 aromatic rings. The van der Waals surface area contributed by atoms with E-state index in [9.17, 15) is 14.0 Å². The molecule has 0 fully saturated rings. The lowest BCUT2D eigenvalue weighted by Crippen LogP contribution is -2.18. The first-order chi connectivity index (χ1) is 8.50. The fourth-order valence-corrected chi connectivity index (χ4v) is 1.98. The zero-order valence-electron chi connectivity index (χ0n) is 8.91. The van der Waals surface area contributed by atoms with Gasteiger partial charge in [0, 0.05) is 21.8 Å². The molecule has 1 aromatic heterocycles. The minimum Gasteiger partial charge on any atom is -0.477 e. The van der Waals surface area contributed by atoms with E-state index in [-0.39, 0.29) is 11.1 Å². The summed E-state index contributed by atoms with van der Waals surface area (Å²) in [6, 6.07) is 5.48. The van der Waals surface area contributed by atoms with Crippen molar-refractivity contribution in [1.29, 1.82) is 0 Å². The van der Waals surface area contributed by atoms with Gasteiger partial charge in [-0.3, -0.25) is 4.79 Å². The van der Waals surface area contributed by atoms with Crippen LogP contribution in [0, 0.1) is 5.82 Å². The maximum atomic E-state index is 13.7. The second kappa shape index (κ2) is 4.73. The van der Waals surface area contributed by atoms with E-state index in [2.05, 4.69) is 20.9 Å². The third-order valence-electron chi connectivity index (χ3n) is 2.39. The molecule has 0 aliphatic carbocycles. The van der Waals surface area contributed by atoms with Gasteiger partial charge in [-0.25, -0.2) is 9.18 Å². The van der Waals surface area contributed by atoms with Gasteiger partial charge in [-0.15, -0.1) is 0 Å². The quantitative estimate of drug-likeness (QED) is 0.895. The fourth-order valence-electron chi connectivity index (χ4n) is 1.62. The molecule has 6 heteroatoms. The van der Waals surface area contributed by atoms with Gasteiger partial charge >= 0.3 is 5.97 Å². The van der Waals surface area contributed by atoms with Crippen LogP contribution in [0.5, 0.6) is 0 Å². The van der Waals surface area contributed by atoms with E-state index >= 15 is 0 Å². The summed E-state index contributed by atoms with van der Waals surface area (Å²) >= 11 is 3.17. The first kappa shape index (κ1) is 12.5. The number of aromatic amines is 1. The Morgan fingerprint density at radius 2 is 2.00 bits per heavy atom. The Morgan fingerprint density at radius 1 is 1.28 bits per heavy atom. The lowest BCUT2D eigenvalue weighted by Gasteiger charge is -2.07. The molecule has 0 aliphatic rings. The van der Waals surface area contributed by atoms with E-state index < -0.39 is 22.9 Å². The lowest BCUT2D eigenvalue weighted by atomic mass is 10.0. The van der Waals surface area contributed by atoms with Crippen molar-refractivity contribution in [1.82, 2.24) is 4.98 Å². The second-order valence-corrected chi connectivity index (χ2v) is 4.44. The van der Waals surface area contributed by atoms with Crippen LogP contribution in [0.4, 0.5) is 4.39 Å². The van der Waals surface area contributed by atoms with Gasteiger partial charge in [0.25, 0.3) is 5.56 Å². The van der Waals surface area contributed by atoms with E-state index in [1.54, 1.807) is 0 Å². The van der Waals surface area contributed by atoms with Gasteiger partial charge in [0.15, 0.2) is 0 Å². The van der Waals surface area contributed by atoms with Crippen LogP contribution >= 0.6 is 15.9 Å². The number of H-pyrrole nitrogens is 1. The Balaban J connectivity index is 2.79. The molecule has 1 aromatic carbocycles. The highest BCUT2D eigenvalue weighted by atomic mass is 79.9. The molecule has 4 nitrogen and oxygen atoms in total. The molecule has 0 amide bonds. The van der Waals surface area contributed by atoms with Crippen molar-refractivity contribution in [3.63, 3.8) is 0 Å². The largest absolute Gasteiger partial charge is 0.477 e. The average Bonchev–Trinajstić information content (AvgIpc) is 2.31. The molecule has 0 saturated carbocycles. The molecular formula is C12H7BrFNO3. The molecule has 0 radical (unpaired) electrons. The number of aromatic nitrogens is 1. The molecule has 0 unspecified atom stereocenters. The standard InChI is InChI=1S/C12H7BrFNO3/c13-6-1-2-9(14)8(5-6)7-3-4-15-11(16)10(7)12(17)18/h1-5H,(H,15,16)(H,17,18). The Labute approximate surface area is 109 Å². The predicted molar refractivity (Wildman–Crippen MR) is 67.1 cm³/mol. The van der Waals surface area contributed by atoms with Crippen molar-refractivity contribution >= 4 is 21.9 Å². The normalized spacial score (nSPS) is 10.3. The van der Waals surface area contributed by atoms with E-state index in [0.717, 1.165) is 0 Å². The number of carbonyl (C=O) groups is 1. The van der Waals surface area contributed by atoms with Gasteiger partial charge in [0.2, 0.25) is 0 Å². The van der Waals surface area contributed by atoms with Crippen molar-refractivity contribution in [3.05, 3.63) is 56.7 Å². The maximum Gasteiger partial charge on any atom is 0.341 e. The summed E-state index contributed by atoms with van der Waals surface area (Å²) in [6.07, 6.45) is 1.28. The molecule has 0 atom stereocenters. The van der Waals surface area contributed by atoms with E-state index in [4.69, 9.17) is 5.11 Å². The van der Waals surface area contributed by atoms with Gasteiger partial charge < -0.3 is 10.1 Å². The van der Waals surface area contributed by atoms with Gasteiger partial charge in [-0.1, -0.05) is 15.9 Å². The number of aromatic carboxylic acids is 1. The lowest BCUT2D eigenvalue weighted by molar-refractivity contribution is 0.0696. The molecule has 0 bridgehead atoms. The minimum atomic E-state index is -1.40.